The summed E-state index contributed by atoms with van der Waals surface area (Å²) in [7, 11) is 0. The second-order valence-corrected chi connectivity index (χ2v) is 1.80. The maximum Gasteiger partial charge on any atom is 0.447 e. The van der Waals surface area contributed by atoms with Crippen LogP contribution in [-0.4, -0.2) is 5.09 Å². The highest BCUT2D eigenvalue weighted by Crippen LogP contribution is 1.98. The number of hydrogen-bond donors (Lipinski definition) is 0. The first-order chi connectivity index (χ1) is 4.70. The second kappa shape index (κ2) is 4.25. The molecule has 0 aliphatic heterocycles. The molecule has 1 unspecified atom stereocenters. The van der Waals surface area contributed by atoms with Crippen LogP contribution >= 0.6 is 0 Å². The highest BCUT2D eigenvalue weighted by Gasteiger charge is 2.25. The summed E-state index contributed by atoms with van der Waals surface area (Å²) >= 11 is -1.95. The normalized spacial score (nSPS) is 10.3. The van der Waals surface area contributed by atoms with E-state index in [0.29, 0.717) is 0 Å². The van der Waals surface area contributed by atoms with Gasteiger partial charge in [0.15, 0.2) is 4.52 Å². The molecular weight excluding hydrogens is 162 g/mol. The lowest BCUT2D eigenvalue weighted by molar-refractivity contribution is -0.709. The molecule has 0 spiro atoms. The maximum atomic E-state index is 9.50. The molecule has 0 aliphatic rings. The number of azide groups is 1. The molecule has 0 aliphatic carbocycles. The van der Waals surface area contributed by atoms with Gasteiger partial charge in [0, 0.05) is 5.53 Å². The minimum atomic E-state index is -1.95. The van der Waals surface area contributed by atoms with Crippen LogP contribution in [0.15, 0.2) is 4.52 Å². The van der Waals surface area contributed by atoms with E-state index in [-0.39, 0.29) is 0 Å². The molecule has 0 fully saturated rings. The Labute approximate surface area is 57.4 Å². The number of nitrogens with zero attached hydrogens (tertiary/aromatic N) is 5. The molecule has 9 heteroatoms. The molecule has 0 N–H and O–H groups in total. The van der Waals surface area contributed by atoms with Crippen molar-refractivity contribution in [1.82, 2.24) is 0 Å². The first-order valence-corrected chi connectivity index (χ1v) is 2.83. The molecule has 0 radical (unpaired) electrons. The Morgan fingerprint density at radius 1 is 2.00 bits per heavy atom. The van der Waals surface area contributed by atoms with Gasteiger partial charge in [-0.05, 0) is 0 Å². The van der Waals surface area contributed by atoms with Gasteiger partial charge in [-0.3, -0.25) is 0 Å². The Morgan fingerprint density at radius 3 is 2.90 bits per heavy atom. The Bertz CT molecular complexity index is 213. The van der Waals surface area contributed by atoms with Gasteiger partial charge in [0.2, 0.25) is 0 Å². The van der Waals surface area contributed by atoms with Crippen LogP contribution in [-0.2, 0) is 15.6 Å². The zero-order valence-corrected chi connectivity index (χ0v) is 5.19. The van der Waals surface area contributed by atoms with Crippen molar-refractivity contribution in [2.24, 2.45) is 4.52 Å². The van der Waals surface area contributed by atoms with Crippen molar-refractivity contribution in [2.45, 2.75) is 0 Å². The van der Waals surface area contributed by atoms with Crippen LogP contribution in [0.5, 0.6) is 0 Å². The molecule has 0 aromatic heterocycles. The molecule has 1 atom stereocenters. The van der Waals surface area contributed by atoms with Crippen LogP contribution in [0.3, 0.4) is 0 Å². The highest BCUT2D eigenvalue weighted by molar-refractivity contribution is 7.95. The van der Waals surface area contributed by atoms with E-state index in [9.17, 15) is 10.1 Å². The van der Waals surface area contributed by atoms with Gasteiger partial charge in [0.25, 0.3) is 0 Å². The zero-order valence-electron chi connectivity index (χ0n) is 4.37. The lowest BCUT2D eigenvalue weighted by Crippen LogP contribution is -2.05. The lowest BCUT2D eigenvalue weighted by Gasteiger charge is -1.78. The summed E-state index contributed by atoms with van der Waals surface area (Å²) in [4.78, 5) is 11.6. The predicted molar refractivity (Wildman–Crippen MR) is 30.2 cm³/mol. The van der Waals surface area contributed by atoms with E-state index in [1.165, 1.54) is 5.40 Å². The zero-order chi connectivity index (χ0) is 7.98. The number of thiocyanates is 1. The Kier molecular flexibility index (Phi) is 3.55. The molecule has 52 valence electrons. The van der Waals surface area contributed by atoms with E-state index in [1.807, 2.05) is 0 Å². The molecule has 10 heavy (non-hydrogen) atoms. The van der Waals surface area contributed by atoms with E-state index in [1.54, 1.807) is 0 Å². The van der Waals surface area contributed by atoms with Gasteiger partial charge < -0.3 is 0 Å². The standard InChI is InChI=1S/CN5O3S/c2-1-10(5-4-3)9-6(7)8/q+1. The number of rotatable bonds is 3. The maximum absolute atomic E-state index is 9.50. The summed E-state index contributed by atoms with van der Waals surface area (Å²) in [5.74, 6) is 0. The second-order valence-electron chi connectivity index (χ2n) is 0.810. The number of hydrogen-bond acceptors (Lipinski definition) is 5. The van der Waals surface area contributed by atoms with E-state index in [2.05, 4.69) is 13.7 Å². The third kappa shape index (κ3) is 3.36. The van der Waals surface area contributed by atoms with E-state index in [0.717, 1.165) is 0 Å². The van der Waals surface area contributed by atoms with Crippen molar-refractivity contribution < 1.29 is 9.37 Å². The summed E-state index contributed by atoms with van der Waals surface area (Å²) in [6.45, 7) is 0. The van der Waals surface area contributed by atoms with E-state index >= 15 is 0 Å². The van der Waals surface area contributed by atoms with Gasteiger partial charge in [-0.2, -0.15) is 0 Å². The number of nitriles is 1. The third-order valence-corrected chi connectivity index (χ3v) is 0.961. The van der Waals surface area contributed by atoms with Crippen molar-refractivity contribution in [2.75, 3.05) is 0 Å². The van der Waals surface area contributed by atoms with Crippen LogP contribution in [0.25, 0.3) is 10.4 Å². The summed E-state index contributed by atoms with van der Waals surface area (Å²) in [6.07, 6.45) is 0. The topological polar surface area (TPSA) is 125 Å². The third-order valence-electron chi connectivity index (χ3n) is 0.320. The van der Waals surface area contributed by atoms with Gasteiger partial charge in [-0.1, -0.05) is 4.28 Å². The molecule has 0 saturated carbocycles. The van der Waals surface area contributed by atoms with Crippen LogP contribution in [0.4, 0.5) is 0 Å². The summed E-state index contributed by atoms with van der Waals surface area (Å²) in [5.41, 5.74) is 7.69. The average Bonchev–Trinajstić information content (AvgIpc) is 1.86. The largest absolute Gasteiger partial charge is 0.447 e. The molecule has 0 amide bonds. The molecule has 0 saturated heterocycles. The fourth-order valence-electron chi connectivity index (χ4n) is 0.141. The quantitative estimate of drug-likeness (QED) is 0.113. The van der Waals surface area contributed by atoms with Gasteiger partial charge in [-0.25, -0.2) is 0 Å². The Hall–Kier alpha value is -1.65. The fraction of sp³-hybridized carbons (Fsp3) is 0. The molecule has 8 nitrogen and oxygen atoms in total. The summed E-state index contributed by atoms with van der Waals surface area (Å²) in [6, 6.07) is 0. The monoisotopic (exact) mass is 162 g/mol. The van der Waals surface area contributed by atoms with Crippen LogP contribution < -0.4 is 0 Å². The lowest BCUT2D eigenvalue weighted by atomic mass is 11.8. The van der Waals surface area contributed by atoms with E-state index < -0.39 is 16.4 Å². The molecule has 0 bridgehead atoms. The van der Waals surface area contributed by atoms with Crippen molar-refractivity contribution in [3.8, 4) is 5.40 Å². The van der Waals surface area contributed by atoms with Crippen LogP contribution in [0.1, 0.15) is 0 Å². The first-order valence-electron chi connectivity index (χ1n) is 1.72. The smallest absolute Gasteiger partial charge is 0.131 e. The van der Waals surface area contributed by atoms with Gasteiger partial charge in [-0.15, -0.1) is 15.4 Å². The summed E-state index contributed by atoms with van der Waals surface area (Å²) < 4.78 is 6.27. The van der Waals surface area contributed by atoms with Crippen LogP contribution in [0.2, 0.25) is 0 Å². The minimum absolute atomic E-state index is 1.19. The fourth-order valence-corrected chi connectivity index (χ4v) is 0.422. The predicted octanol–water partition coefficient (Wildman–Crippen LogP) is 0.434. The van der Waals surface area contributed by atoms with Crippen molar-refractivity contribution in [1.29, 1.82) is 5.26 Å². The van der Waals surface area contributed by atoms with Crippen molar-refractivity contribution in [3.63, 3.8) is 0 Å². The minimum Gasteiger partial charge on any atom is -0.131 e. The molecule has 0 heterocycles. The molecule has 0 rings (SSSR count). The summed E-state index contributed by atoms with van der Waals surface area (Å²) in [5, 5.41) is 17.6. The highest BCUT2D eigenvalue weighted by atomic mass is 32.2. The molecule has 0 aromatic rings. The Morgan fingerprint density at radius 2 is 2.60 bits per heavy atom. The SMILES string of the molecule is N#C[S+](N=[N+]=[N-])O[N+](=O)[O-]. The van der Waals surface area contributed by atoms with Gasteiger partial charge in [0.1, 0.15) is 0 Å². The molecule has 0 aromatic carbocycles. The first kappa shape index (κ1) is 8.35. The van der Waals surface area contributed by atoms with Crippen molar-refractivity contribution in [3.05, 3.63) is 20.6 Å². The van der Waals surface area contributed by atoms with Gasteiger partial charge in [0.05, 0.1) is 4.91 Å². The van der Waals surface area contributed by atoms with Crippen molar-refractivity contribution >= 4 is 11.4 Å². The molecular formula is CN5O3S+. The van der Waals surface area contributed by atoms with Gasteiger partial charge >= 0.3 is 21.8 Å². The van der Waals surface area contributed by atoms with Crippen LogP contribution in [0, 0.1) is 20.8 Å². The average molecular weight is 162 g/mol. The van der Waals surface area contributed by atoms with E-state index in [4.69, 9.17) is 10.8 Å². The Balaban J connectivity index is 3.99.